The first-order chi connectivity index (χ1) is 15.8. The molecule has 1 aliphatic rings. The van der Waals surface area contributed by atoms with Crippen molar-refractivity contribution in [3.05, 3.63) is 70.1 Å². The van der Waals surface area contributed by atoms with Crippen molar-refractivity contribution in [2.75, 3.05) is 13.1 Å². The fourth-order valence-electron chi connectivity index (χ4n) is 4.26. The van der Waals surface area contributed by atoms with Crippen molar-refractivity contribution >= 4 is 50.8 Å². The van der Waals surface area contributed by atoms with Gasteiger partial charge in [0.15, 0.2) is 0 Å². The first-order valence-corrected chi connectivity index (χ1v) is 12.1. The molecule has 4 rings (SSSR count). The van der Waals surface area contributed by atoms with Crippen LogP contribution < -0.4 is 34.7 Å². The summed E-state index contributed by atoms with van der Waals surface area (Å²) in [6.45, 7) is 2.81. The molecule has 0 unspecified atom stereocenters. The molecule has 2 heterocycles. The average molecular weight is 507 g/mol. The monoisotopic (exact) mass is 506 g/mol. The molecule has 1 aromatic heterocycles. The Bertz CT molecular complexity index is 1220. The number of halogens is 1. The van der Waals surface area contributed by atoms with E-state index in [4.69, 9.17) is 11.6 Å². The molecule has 172 valence electrons. The van der Waals surface area contributed by atoms with Gasteiger partial charge in [0.05, 0.1) is 5.56 Å². The van der Waals surface area contributed by atoms with E-state index in [-0.39, 0.29) is 67.3 Å². The number of benzene rings is 2. The average Bonchev–Trinajstić information content (AvgIpc) is 3.21. The Balaban J connectivity index is 0.00000324. The van der Waals surface area contributed by atoms with Crippen LogP contribution in [-0.4, -0.2) is 46.2 Å². The summed E-state index contributed by atoms with van der Waals surface area (Å²) in [5.41, 5.74) is 0.460. The number of fused-ring (bicyclic) bond motifs is 1. The number of likely N-dealkylation sites (tertiary alicyclic amines) is 1. The minimum absolute atomic E-state index is 0. The van der Waals surface area contributed by atoms with Gasteiger partial charge in [-0.25, -0.2) is 0 Å². The van der Waals surface area contributed by atoms with E-state index in [1.165, 1.54) is 11.3 Å². The van der Waals surface area contributed by atoms with Crippen LogP contribution in [0, 0.1) is 0 Å². The number of thiophene rings is 1. The van der Waals surface area contributed by atoms with Crippen LogP contribution in [0.25, 0.3) is 10.1 Å². The number of hydrogen-bond donors (Lipinski definition) is 0. The fraction of sp³-hybridized carbons (Fsp3) is 0.320. The minimum atomic E-state index is -1.15. The van der Waals surface area contributed by atoms with Gasteiger partial charge in [-0.1, -0.05) is 41.9 Å². The normalized spacial score (nSPS) is 17.1. The van der Waals surface area contributed by atoms with E-state index in [0.717, 1.165) is 15.6 Å². The number of aliphatic carboxylic acids is 1. The van der Waals surface area contributed by atoms with Crippen molar-refractivity contribution in [2.24, 2.45) is 0 Å². The largest absolute Gasteiger partial charge is 1.00 e. The maximum atomic E-state index is 13.7. The number of amides is 2. The van der Waals surface area contributed by atoms with Gasteiger partial charge in [-0.05, 0) is 49.9 Å². The summed E-state index contributed by atoms with van der Waals surface area (Å²) in [6, 6.07) is 14.9. The van der Waals surface area contributed by atoms with Crippen molar-refractivity contribution < 1.29 is 49.0 Å². The Morgan fingerprint density at radius 2 is 1.94 bits per heavy atom. The third-order valence-corrected chi connectivity index (χ3v) is 7.39. The molecule has 0 aliphatic carbocycles. The van der Waals surface area contributed by atoms with Gasteiger partial charge in [0.2, 0.25) is 5.91 Å². The van der Waals surface area contributed by atoms with Crippen LogP contribution in [-0.2, 0) is 16.1 Å². The van der Waals surface area contributed by atoms with Crippen molar-refractivity contribution in [3.8, 4) is 0 Å². The van der Waals surface area contributed by atoms with Crippen LogP contribution in [0.3, 0.4) is 0 Å². The Morgan fingerprint density at radius 3 is 2.62 bits per heavy atom. The van der Waals surface area contributed by atoms with E-state index in [9.17, 15) is 19.5 Å². The zero-order valence-electron chi connectivity index (χ0n) is 19.3. The summed E-state index contributed by atoms with van der Waals surface area (Å²) < 4.78 is 1.03. The molecule has 9 heteroatoms. The Morgan fingerprint density at radius 1 is 1.18 bits per heavy atom. The molecule has 0 bridgehead atoms. The van der Waals surface area contributed by atoms with Crippen molar-refractivity contribution in [1.82, 2.24) is 9.80 Å². The smallest absolute Gasteiger partial charge is 0.550 e. The van der Waals surface area contributed by atoms with Crippen molar-refractivity contribution in [1.29, 1.82) is 0 Å². The Labute approximate surface area is 229 Å². The van der Waals surface area contributed by atoms with Gasteiger partial charge in [-0.2, -0.15) is 0 Å². The van der Waals surface area contributed by atoms with E-state index in [1.54, 1.807) is 28.9 Å². The summed E-state index contributed by atoms with van der Waals surface area (Å²) in [5.74, 6) is -1.51. The first-order valence-electron chi connectivity index (χ1n) is 10.8. The molecule has 1 atom stereocenters. The molecule has 3 aromatic rings. The van der Waals surface area contributed by atoms with Crippen molar-refractivity contribution in [3.63, 3.8) is 0 Å². The summed E-state index contributed by atoms with van der Waals surface area (Å²) in [4.78, 5) is 41.3. The van der Waals surface area contributed by atoms with Gasteiger partial charge in [0.1, 0.15) is 5.54 Å². The van der Waals surface area contributed by atoms with Gasteiger partial charge in [0.25, 0.3) is 5.91 Å². The summed E-state index contributed by atoms with van der Waals surface area (Å²) in [7, 11) is 0. The minimum Gasteiger partial charge on any atom is -0.550 e. The molecule has 1 saturated heterocycles. The zero-order valence-corrected chi connectivity index (χ0v) is 22.8. The topological polar surface area (TPSA) is 80.8 Å². The van der Waals surface area contributed by atoms with Crippen LogP contribution in [0.1, 0.15) is 42.1 Å². The number of hydrogen-bond acceptors (Lipinski definition) is 5. The van der Waals surface area contributed by atoms with Gasteiger partial charge in [-0.15, -0.1) is 11.3 Å². The Kier molecular flexibility index (Phi) is 8.82. The van der Waals surface area contributed by atoms with E-state index < -0.39 is 11.5 Å². The van der Waals surface area contributed by atoms with E-state index in [0.29, 0.717) is 23.6 Å². The molecule has 34 heavy (non-hydrogen) atoms. The third-order valence-electron chi connectivity index (χ3n) is 6.19. The van der Waals surface area contributed by atoms with E-state index in [2.05, 4.69) is 0 Å². The van der Waals surface area contributed by atoms with Crippen LogP contribution in [0.5, 0.6) is 0 Å². The SMILES string of the molecule is C[C@]1(C(=O)N(CCCC(=O)[O-])Cc2cccc(Cl)c2)CCN1C(=O)c1csc2ccccc12.[Na+]. The summed E-state index contributed by atoms with van der Waals surface area (Å²) in [6.07, 6.45) is 0.680. The van der Waals surface area contributed by atoms with Gasteiger partial charge >= 0.3 is 29.6 Å². The van der Waals surface area contributed by atoms with Gasteiger partial charge < -0.3 is 19.7 Å². The molecule has 0 saturated carbocycles. The molecular weight excluding hydrogens is 483 g/mol. The molecule has 0 radical (unpaired) electrons. The predicted octanol–water partition coefficient (Wildman–Crippen LogP) is 0.722. The third kappa shape index (κ3) is 5.50. The van der Waals surface area contributed by atoms with Crippen LogP contribution in [0.2, 0.25) is 5.02 Å². The molecule has 6 nitrogen and oxygen atoms in total. The Hall–Kier alpha value is -1.90. The van der Waals surface area contributed by atoms with E-state index in [1.807, 2.05) is 41.8 Å². The number of carboxylic acid groups (broad SMARTS) is 1. The van der Waals surface area contributed by atoms with E-state index >= 15 is 0 Å². The molecular formula is C25H24ClN2NaO4S. The summed E-state index contributed by atoms with van der Waals surface area (Å²) >= 11 is 7.62. The number of carbonyl (C=O) groups excluding carboxylic acids is 3. The molecule has 2 amide bonds. The predicted molar refractivity (Wildman–Crippen MR) is 127 cm³/mol. The molecule has 0 spiro atoms. The number of nitrogens with zero attached hydrogens (tertiary/aromatic N) is 2. The van der Waals surface area contributed by atoms with Crippen molar-refractivity contribution in [2.45, 2.75) is 38.3 Å². The standard InChI is InChI=1S/C25H25ClN2O4S.Na/c1-25(11-13-28(25)23(31)20-16-33-21-9-3-2-8-19(20)21)24(32)27(12-5-10-22(29)30)15-17-6-4-7-18(26)14-17;/h2-4,6-9,14,16H,5,10-13,15H2,1H3,(H,29,30);/q;+1/p-1/t25-;/m1./s1. The quantitative estimate of drug-likeness (QED) is 0.422. The number of rotatable bonds is 8. The maximum Gasteiger partial charge on any atom is 1.00 e. The second kappa shape index (κ2) is 11.2. The van der Waals surface area contributed by atoms with Crippen LogP contribution in [0.4, 0.5) is 0 Å². The molecule has 0 N–H and O–H groups in total. The zero-order chi connectivity index (χ0) is 23.6. The number of carboxylic acids is 1. The maximum absolute atomic E-state index is 13.7. The number of carbonyl (C=O) groups is 3. The second-order valence-electron chi connectivity index (χ2n) is 8.46. The molecule has 1 fully saturated rings. The fourth-order valence-corrected chi connectivity index (χ4v) is 5.41. The molecule has 1 aliphatic heterocycles. The first kappa shape index (κ1) is 26.7. The summed E-state index contributed by atoms with van der Waals surface area (Å²) in [5, 5.41) is 14.2. The van der Waals surface area contributed by atoms with Crippen LogP contribution in [0.15, 0.2) is 53.9 Å². The second-order valence-corrected chi connectivity index (χ2v) is 9.81. The van der Waals surface area contributed by atoms with Crippen LogP contribution >= 0.6 is 22.9 Å². The van der Waals surface area contributed by atoms with Gasteiger partial charge in [-0.3, -0.25) is 9.59 Å². The van der Waals surface area contributed by atoms with Gasteiger partial charge in [0, 0.05) is 46.1 Å². The molecule has 2 aromatic carbocycles.